The minimum Gasteiger partial charge on any atom is -0.461 e. The average Bonchev–Trinajstić information content (AvgIpc) is 3.11. The molecule has 1 aliphatic heterocycles. The normalized spacial score (nSPS) is 17.2. The Morgan fingerprint density at radius 2 is 1.96 bits per heavy atom. The summed E-state index contributed by atoms with van der Waals surface area (Å²) >= 11 is 0. The van der Waals surface area contributed by atoms with Crippen molar-refractivity contribution in [3.8, 4) is 0 Å². The van der Waals surface area contributed by atoms with Gasteiger partial charge in [-0.3, -0.25) is 14.7 Å². The monoisotopic (exact) mass is 335 g/mol. The summed E-state index contributed by atoms with van der Waals surface area (Å²) in [5.74, 6) is 0.231. The topological polar surface area (TPSA) is 83.7 Å². The van der Waals surface area contributed by atoms with E-state index in [2.05, 4.69) is 4.98 Å². The van der Waals surface area contributed by atoms with E-state index in [1.165, 1.54) is 29.0 Å². The first kappa shape index (κ1) is 15.9. The molecule has 1 saturated heterocycles. The van der Waals surface area contributed by atoms with E-state index in [9.17, 15) is 13.2 Å². The van der Waals surface area contributed by atoms with Crippen LogP contribution in [0.2, 0.25) is 0 Å². The predicted octanol–water partition coefficient (Wildman–Crippen LogP) is 0.864. The third kappa shape index (κ3) is 3.49. The Hall–Kier alpha value is -2.03. The molecule has 2 aromatic rings. The molecule has 8 heteroatoms. The van der Waals surface area contributed by atoms with Gasteiger partial charge < -0.3 is 4.42 Å². The van der Waals surface area contributed by atoms with Crippen molar-refractivity contribution in [1.29, 1.82) is 0 Å². The van der Waals surface area contributed by atoms with Crippen LogP contribution in [0.5, 0.6) is 0 Å². The minimum absolute atomic E-state index is 0.0985. The molecule has 0 aromatic carbocycles. The molecule has 0 atom stereocenters. The molecule has 1 fully saturated rings. The zero-order valence-corrected chi connectivity index (χ0v) is 13.3. The Morgan fingerprint density at radius 3 is 2.57 bits per heavy atom. The number of hydrogen-bond acceptors (Lipinski definition) is 6. The molecule has 122 valence electrons. The Morgan fingerprint density at radius 1 is 1.17 bits per heavy atom. The second-order valence-corrected chi connectivity index (χ2v) is 7.21. The van der Waals surface area contributed by atoms with Crippen molar-refractivity contribution in [2.75, 3.05) is 32.7 Å². The lowest BCUT2D eigenvalue weighted by molar-refractivity contribution is 0.0874. The summed E-state index contributed by atoms with van der Waals surface area (Å²) in [5, 5.41) is 0. The standard InChI is InChI=1S/C15H17N3O4S/c19-14(15-4-2-10-22-15)12-17-6-8-18(9-7-17)23(20,21)13-3-1-5-16-11-13/h1-5,10-11H,6-9,12H2. The first-order chi connectivity index (χ1) is 11.1. The second kappa shape index (κ2) is 6.61. The van der Waals surface area contributed by atoms with Crippen LogP contribution in [0, 0.1) is 0 Å². The maximum atomic E-state index is 12.5. The van der Waals surface area contributed by atoms with Gasteiger partial charge in [-0.1, -0.05) is 0 Å². The van der Waals surface area contributed by atoms with Crippen LogP contribution in [-0.4, -0.2) is 61.1 Å². The largest absolute Gasteiger partial charge is 0.461 e. The Balaban J connectivity index is 1.59. The number of pyridine rings is 1. The van der Waals surface area contributed by atoms with Gasteiger partial charge in [0, 0.05) is 38.6 Å². The molecule has 23 heavy (non-hydrogen) atoms. The second-order valence-electron chi connectivity index (χ2n) is 5.27. The highest BCUT2D eigenvalue weighted by atomic mass is 32.2. The highest BCUT2D eigenvalue weighted by molar-refractivity contribution is 7.89. The first-order valence-electron chi connectivity index (χ1n) is 7.26. The number of sulfonamides is 1. The lowest BCUT2D eigenvalue weighted by Gasteiger charge is -2.33. The molecule has 1 aliphatic rings. The van der Waals surface area contributed by atoms with Crippen LogP contribution in [0.15, 0.2) is 52.2 Å². The van der Waals surface area contributed by atoms with Crippen LogP contribution in [-0.2, 0) is 10.0 Å². The van der Waals surface area contributed by atoms with E-state index in [1.54, 1.807) is 18.2 Å². The fraction of sp³-hybridized carbons (Fsp3) is 0.333. The summed E-state index contributed by atoms with van der Waals surface area (Å²) in [6.07, 6.45) is 4.35. The van der Waals surface area contributed by atoms with E-state index in [1.807, 2.05) is 4.90 Å². The van der Waals surface area contributed by atoms with Crippen molar-refractivity contribution in [2.45, 2.75) is 4.90 Å². The van der Waals surface area contributed by atoms with Gasteiger partial charge in [0.05, 0.1) is 12.8 Å². The van der Waals surface area contributed by atoms with Crippen LogP contribution in [0.25, 0.3) is 0 Å². The molecular weight excluding hydrogens is 318 g/mol. The van der Waals surface area contributed by atoms with Crippen LogP contribution in [0.4, 0.5) is 0 Å². The van der Waals surface area contributed by atoms with Gasteiger partial charge in [-0.25, -0.2) is 8.42 Å². The Kier molecular flexibility index (Phi) is 4.56. The Labute approximate surface area is 134 Å². The number of furan rings is 1. The molecule has 0 aliphatic carbocycles. The summed E-state index contributed by atoms with van der Waals surface area (Å²) in [6, 6.07) is 6.44. The number of piperazine rings is 1. The molecule has 0 unspecified atom stereocenters. The minimum atomic E-state index is -3.52. The van der Waals surface area contributed by atoms with Crippen LogP contribution < -0.4 is 0 Å². The van der Waals surface area contributed by atoms with Crippen molar-refractivity contribution < 1.29 is 17.6 Å². The molecule has 3 rings (SSSR count). The zero-order valence-electron chi connectivity index (χ0n) is 12.5. The van der Waals surface area contributed by atoms with Crippen molar-refractivity contribution in [1.82, 2.24) is 14.2 Å². The van der Waals surface area contributed by atoms with Gasteiger partial charge in [-0.15, -0.1) is 0 Å². The molecule has 0 bridgehead atoms. The number of aromatic nitrogens is 1. The third-order valence-electron chi connectivity index (χ3n) is 3.77. The number of carbonyl (C=O) groups is 1. The average molecular weight is 335 g/mol. The third-order valence-corrected chi connectivity index (χ3v) is 5.65. The van der Waals surface area contributed by atoms with Gasteiger partial charge in [-0.05, 0) is 24.3 Å². The van der Waals surface area contributed by atoms with Crippen molar-refractivity contribution in [3.05, 3.63) is 48.7 Å². The molecule has 0 saturated carbocycles. The molecule has 0 radical (unpaired) electrons. The summed E-state index contributed by atoms with van der Waals surface area (Å²) in [4.78, 5) is 18.0. The smallest absolute Gasteiger partial charge is 0.244 e. The lowest BCUT2D eigenvalue weighted by atomic mass is 10.2. The van der Waals surface area contributed by atoms with Gasteiger partial charge in [0.1, 0.15) is 4.90 Å². The van der Waals surface area contributed by atoms with E-state index in [0.29, 0.717) is 31.9 Å². The SMILES string of the molecule is O=C(CN1CCN(S(=O)(=O)c2cccnc2)CC1)c1ccco1. The first-order valence-corrected chi connectivity index (χ1v) is 8.70. The van der Waals surface area contributed by atoms with Gasteiger partial charge in [0.2, 0.25) is 15.8 Å². The lowest BCUT2D eigenvalue weighted by Crippen LogP contribution is -2.49. The molecular formula is C15H17N3O4S. The van der Waals surface area contributed by atoms with Gasteiger partial charge >= 0.3 is 0 Å². The number of ketones is 1. The van der Waals surface area contributed by atoms with Gasteiger partial charge in [-0.2, -0.15) is 4.31 Å². The number of nitrogens with zero attached hydrogens (tertiary/aromatic N) is 3. The molecule has 0 spiro atoms. The van der Waals surface area contributed by atoms with Crippen molar-refractivity contribution in [3.63, 3.8) is 0 Å². The van der Waals surface area contributed by atoms with E-state index in [-0.39, 0.29) is 17.2 Å². The van der Waals surface area contributed by atoms with E-state index < -0.39 is 10.0 Å². The quantitative estimate of drug-likeness (QED) is 0.754. The summed E-state index contributed by atoms with van der Waals surface area (Å²) in [5.41, 5.74) is 0. The van der Waals surface area contributed by atoms with Crippen molar-refractivity contribution in [2.24, 2.45) is 0 Å². The molecule has 2 aromatic heterocycles. The molecule has 3 heterocycles. The van der Waals surface area contributed by atoms with Crippen molar-refractivity contribution >= 4 is 15.8 Å². The van der Waals surface area contributed by atoms with Gasteiger partial charge in [0.15, 0.2) is 5.76 Å². The van der Waals surface area contributed by atoms with E-state index >= 15 is 0 Å². The number of Topliss-reactive ketones (excluding diaryl/α,β-unsaturated/α-hetero) is 1. The zero-order chi connectivity index (χ0) is 16.3. The summed E-state index contributed by atoms with van der Waals surface area (Å²) in [6.45, 7) is 1.94. The molecule has 7 nitrogen and oxygen atoms in total. The summed E-state index contributed by atoms with van der Waals surface area (Å²) in [7, 11) is -3.52. The van der Waals surface area contributed by atoms with Crippen LogP contribution in [0.3, 0.4) is 0 Å². The highest BCUT2D eigenvalue weighted by Crippen LogP contribution is 2.16. The van der Waals surface area contributed by atoms with Crippen LogP contribution in [0.1, 0.15) is 10.6 Å². The number of carbonyl (C=O) groups excluding carboxylic acids is 1. The predicted molar refractivity (Wildman–Crippen MR) is 82.5 cm³/mol. The maximum absolute atomic E-state index is 12.5. The summed E-state index contributed by atoms with van der Waals surface area (Å²) < 4.78 is 31.5. The molecule has 0 amide bonds. The fourth-order valence-corrected chi connectivity index (χ4v) is 3.88. The number of hydrogen-bond donors (Lipinski definition) is 0. The van der Waals surface area contributed by atoms with Crippen LogP contribution >= 0.6 is 0 Å². The maximum Gasteiger partial charge on any atom is 0.244 e. The Bertz CT molecular complexity index is 751. The fourth-order valence-electron chi connectivity index (χ4n) is 2.49. The number of rotatable bonds is 5. The highest BCUT2D eigenvalue weighted by Gasteiger charge is 2.29. The van der Waals surface area contributed by atoms with E-state index in [0.717, 1.165) is 0 Å². The van der Waals surface area contributed by atoms with Gasteiger partial charge in [0.25, 0.3) is 0 Å². The molecule has 0 N–H and O–H groups in total. The van der Waals surface area contributed by atoms with E-state index in [4.69, 9.17) is 4.42 Å².